The van der Waals surface area contributed by atoms with Crippen LogP contribution in [0.2, 0.25) is 0 Å². The third-order valence-corrected chi connectivity index (χ3v) is 2.64. The van der Waals surface area contributed by atoms with E-state index < -0.39 is 12.2 Å². The molecule has 1 aliphatic carbocycles. The Labute approximate surface area is 93.2 Å². The minimum atomic E-state index is -0.473. The summed E-state index contributed by atoms with van der Waals surface area (Å²) in [5.74, 6) is -0.374. The maximum atomic E-state index is 11.0. The second kappa shape index (κ2) is 4.35. The molecule has 0 N–H and O–H groups in total. The Morgan fingerprint density at radius 3 is 2.88 bits per heavy atom. The van der Waals surface area contributed by atoms with Crippen LogP contribution in [-0.4, -0.2) is 18.5 Å². The summed E-state index contributed by atoms with van der Waals surface area (Å²) in [6.45, 7) is 1.74. The number of ether oxygens (including phenoxy) is 2. The Morgan fingerprint density at radius 1 is 1.44 bits per heavy atom. The van der Waals surface area contributed by atoms with Crippen LogP contribution in [0.25, 0.3) is 0 Å². The van der Waals surface area contributed by atoms with Crippen molar-refractivity contribution < 1.29 is 19.1 Å². The standard InChI is InChI=1S/C12H12O4/c1-8(14)16-12-10-5-3-2-4-9(10)6-11(12)15-7-13/h2-5,7,11-12H,6H2,1H3/t11-,12+/m1/s1. The third kappa shape index (κ3) is 1.91. The van der Waals surface area contributed by atoms with Gasteiger partial charge in [-0.3, -0.25) is 9.59 Å². The van der Waals surface area contributed by atoms with Crippen molar-refractivity contribution >= 4 is 12.4 Å². The van der Waals surface area contributed by atoms with Gasteiger partial charge in [-0.1, -0.05) is 24.3 Å². The molecule has 4 nitrogen and oxygen atoms in total. The van der Waals surface area contributed by atoms with Gasteiger partial charge in [0.2, 0.25) is 0 Å². The molecule has 0 saturated carbocycles. The molecule has 2 atom stereocenters. The lowest BCUT2D eigenvalue weighted by atomic mass is 10.1. The molecule has 4 heteroatoms. The first-order valence-electron chi connectivity index (χ1n) is 5.06. The van der Waals surface area contributed by atoms with Crippen LogP contribution in [0, 0.1) is 0 Å². The molecule has 84 valence electrons. The summed E-state index contributed by atoms with van der Waals surface area (Å²) in [6.07, 6.45) is -0.287. The number of carbonyl (C=O) groups excluding carboxylic acids is 2. The van der Waals surface area contributed by atoms with Gasteiger partial charge in [0.25, 0.3) is 6.47 Å². The maximum Gasteiger partial charge on any atom is 0.303 e. The van der Waals surface area contributed by atoms with Crippen LogP contribution in [0.4, 0.5) is 0 Å². The summed E-state index contributed by atoms with van der Waals surface area (Å²) in [6, 6.07) is 7.61. The maximum absolute atomic E-state index is 11.0. The van der Waals surface area contributed by atoms with E-state index in [1.165, 1.54) is 6.92 Å². The highest BCUT2D eigenvalue weighted by molar-refractivity contribution is 5.66. The Kier molecular flexibility index (Phi) is 2.90. The van der Waals surface area contributed by atoms with Gasteiger partial charge in [0.05, 0.1) is 0 Å². The highest BCUT2D eigenvalue weighted by Crippen LogP contribution is 2.35. The lowest BCUT2D eigenvalue weighted by Gasteiger charge is -2.18. The number of esters is 1. The van der Waals surface area contributed by atoms with Gasteiger partial charge in [0.1, 0.15) is 6.10 Å². The van der Waals surface area contributed by atoms with Crippen LogP contribution in [0.15, 0.2) is 24.3 Å². The van der Waals surface area contributed by atoms with E-state index in [1.54, 1.807) is 0 Å². The van der Waals surface area contributed by atoms with Crippen molar-refractivity contribution in [3.63, 3.8) is 0 Å². The predicted molar refractivity (Wildman–Crippen MR) is 55.6 cm³/mol. The van der Waals surface area contributed by atoms with E-state index in [-0.39, 0.29) is 5.97 Å². The molecule has 0 amide bonds. The SMILES string of the molecule is CC(=O)O[C@H]1c2ccccc2C[C@H]1OC=O. The first-order chi connectivity index (χ1) is 7.72. The number of hydrogen-bond donors (Lipinski definition) is 0. The Hall–Kier alpha value is -1.84. The van der Waals surface area contributed by atoms with Gasteiger partial charge in [0, 0.05) is 13.3 Å². The second-order valence-electron chi connectivity index (χ2n) is 3.70. The fraction of sp³-hybridized carbons (Fsp3) is 0.333. The molecule has 0 bridgehead atoms. The lowest BCUT2D eigenvalue weighted by molar-refractivity contribution is -0.158. The van der Waals surface area contributed by atoms with E-state index in [9.17, 15) is 9.59 Å². The van der Waals surface area contributed by atoms with Gasteiger partial charge in [-0.25, -0.2) is 0 Å². The van der Waals surface area contributed by atoms with Gasteiger partial charge >= 0.3 is 5.97 Å². The number of carbonyl (C=O) groups is 2. The topological polar surface area (TPSA) is 52.6 Å². The van der Waals surface area contributed by atoms with E-state index in [4.69, 9.17) is 9.47 Å². The normalized spacial score (nSPS) is 22.3. The second-order valence-corrected chi connectivity index (χ2v) is 3.70. The van der Waals surface area contributed by atoms with Crippen molar-refractivity contribution in [2.75, 3.05) is 0 Å². The van der Waals surface area contributed by atoms with E-state index in [1.807, 2.05) is 24.3 Å². The van der Waals surface area contributed by atoms with E-state index in [0.717, 1.165) is 11.1 Å². The van der Waals surface area contributed by atoms with Crippen LogP contribution in [0.3, 0.4) is 0 Å². The summed E-state index contributed by atoms with van der Waals surface area (Å²) in [4.78, 5) is 21.4. The zero-order chi connectivity index (χ0) is 11.5. The highest BCUT2D eigenvalue weighted by atomic mass is 16.6. The lowest BCUT2D eigenvalue weighted by Crippen LogP contribution is -2.22. The van der Waals surface area contributed by atoms with Gasteiger partial charge in [-0.2, -0.15) is 0 Å². The zero-order valence-corrected chi connectivity index (χ0v) is 8.88. The van der Waals surface area contributed by atoms with Crippen LogP contribution in [-0.2, 0) is 25.5 Å². The molecule has 16 heavy (non-hydrogen) atoms. The van der Waals surface area contributed by atoms with Crippen molar-refractivity contribution in [1.82, 2.24) is 0 Å². The van der Waals surface area contributed by atoms with Crippen molar-refractivity contribution in [3.05, 3.63) is 35.4 Å². The molecule has 0 spiro atoms. The predicted octanol–water partition coefficient (Wildman–Crippen LogP) is 1.39. The summed E-state index contributed by atoms with van der Waals surface area (Å²) >= 11 is 0. The van der Waals surface area contributed by atoms with Gasteiger partial charge in [-0.05, 0) is 11.1 Å². The Bertz CT molecular complexity index is 413. The highest BCUT2D eigenvalue weighted by Gasteiger charge is 2.35. The van der Waals surface area contributed by atoms with Gasteiger partial charge in [0.15, 0.2) is 6.10 Å². The van der Waals surface area contributed by atoms with Gasteiger partial charge < -0.3 is 9.47 Å². The summed E-state index contributed by atoms with van der Waals surface area (Å²) in [7, 11) is 0. The quantitative estimate of drug-likeness (QED) is 0.570. The molecule has 0 aliphatic heterocycles. The van der Waals surface area contributed by atoms with E-state index >= 15 is 0 Å². The molecule has 1 aliphatic rings. The average Bonchev–Trinajstić information content (AvgIpc) is 2.57. The third-order valence-electron chi connectivity index (χ3n) is 2.64. The van der Waals surface area contributed by atoms with Crippen molar-refractivity contribution in [3.8, 4) is 0 Å². The van der Waals surface area contributed by atoms with E-state index in [2.05, 4.69) is 0 Å². The van der Waals surface area contributed by atoms with Crippen LogP contribution < -0.4 is 0 Å². The molecular weight excluding hydrogens is 208 g/mol. The molecule has 0 fully saturated rings. The Balaban J connectivity index is 2.27. The molecule has 1 aromatic rings. The fourth-order valence-electron chi connectivity index (χ4n) is 2.03. The number of fused-ring (bicyclic) bond motifs is 1. The average molecular weight is 220 g/mol. The number of hydrogen-bond acceptors (Lipinski definition) is 4. The molecular formula is C12H12O4. The van der Waals surface area contributed by atoms with Crippen molar-refractivity contribution in [2.45, 2.75) is 25.6 Å². The fourth-order valence-corrected chi connectivity index (χ4v) is 2.03. The van der Waals surface area contributed by atoms with Crippen molar-refractivity contribution in [2.24, 2.45) is 0 Å². The van der Waals surface area contributed by atoms with Crippen LogP contribution >= 0.6 is 0 Å². The zero-order valence-electron chi connectivity index (χ0n) is 8.88. The summed E-state index contributed by atoms with van der Waals surface area (Å²) < 4.78 is 10.1. The smallest absolute Gasteiger partial charge is 0.303 e. The largest absolute Gasteiger partial charge is 0.460 e. The molecule has 1 aromatic carbocycles. The first kappa shape index (κ1) is 10.7. The number of rotatable bonds is 3. The minimum absolute atomic E-state index is 0.374. The molecule has 0 heterocycles. The van der Waals surface area contributed by atoms with Crippen molar-refractivity contribution in [1.29, 1.82) is 0 Å². The number of benzene rings is 1. The monoisotopic (exact) mass is 220 g/mol. The minimum Gasteiger partial charge on any atom is -0.460 e. The molecule has 0 aromatic heterocycles. The van der Waals surface area contributed by atoms with Crippen LogP contribution in [0.1, 0.15) is 24.2 Å². The molecule has 2 rings (SSSR count). The van der Waals surface area contributed by atoms with Gasteiger partial charge in [-0.15, -0.1) is 0 Å². The molecule has 0 unspecified atom stereocenters. The Morgan fingerprint density at radius 2 is 2.19 bits per heavy atom. The van der Waals surface area contributed by atoms with E-state index in [0.29, 0.717) is 12.9 Å². The molecule has 0 saturated heterocycles. The van der Waals surface area contributed by atoms with Crippen LogP contribution in [0.5, 0.6) is 0 Å². The molecule has 0 radical (unpaired) electrons. The summed E-state index contributed by atoms with van der Waals surface area (Å²) in [5, 5.41) is 0. The first-order valence-corrected chi connectivity index (χ1v) is 5.06. The summed E-state index contributed by atoms with van der Waals surface area (Å²) in [5.41, 5.74) is 1.98.